The third kappa shape index (κ3) is 6.13. The molecule has 0 fully saturated rings. The molecule has 6 nitrogen and oxygen atoms in total. The maximum atomic E-state index is 12.8. The lowest BCUT2D eigenvalue weighted by Crippen LogP contribution is -2.40. The molecule has 28 heavy (non-hydrogen) atoms. The molecule has 0 N–H and O–H groups in total. The number of aryl methyl sites for hydroxylation is 1. The fraction of sp³-hybridized carbons (Fsp3) is 0.318. The fourth-order valence-electron chi connectivity index (χ4n) is 2.70. The number of carbonyl (C=O) groups excluding carboxylic acids is 2. The lowest BCUT2D eigenvalue weighted by atomic mass is 10.1. The molecule has 0 aliphatic heterocycles. The Morgan fingerprint density at radius 3 is 2.39 bits per heavy atom. The van der Waals surface area contributed by atoms with E-state index in [4.69, 9.17) is 14.7 Å². The number of hydrogen-bond donors (Lipinski definition) is 0. The minimum Gasteiger partial charge on any atom is -0.497 e. The Bertz CT molecular complexity index is 813. The minimum absolute atomic E-state index is 0.174. The summed E-state index contributed by atoms with van der Waals surface area (Å²) in [6, 6.07) is 18.5. The van der Waals surface area contributed by atoms with Gasteiger partial charge in [-0.15, -0.1) is 0 Å². The summed E-state index contributed by atoms with van der Waals surface area (Å²) >= 11 is 0. The molecule has 1 atom stereocenters. The van der Waals surface area contributed by atoms with E-state index in [0.29, 0.717) is 12.1 Å². The van der Waals surface area contributed by atoms with Crippen LogP contribution in [0.15, 0.2) is 54.6 Å². The summed E-state index contributed by atoms with van der Waals surface area (Å²) < 4.78 is 10.4. The summed E-state index contributed by atoms with van der Waals surface area (Å²) in [5.41, 5.74) is 1.65. The average Bonchev–Trinajstić information content (AvgIpc) is 2.73. The first kappa shape index (κ1) is 21.0. The van der Waals surface area contributed by atoms with Crippen LogP contribution in [0.1, 0.15) is 25.3 Å². The molecule has 0 aliphatic carbocycles. The second-order valence-electron chi connectivity index (χ2n) is 6.21. The van der Waals surface area contributed by atoms with E-state index in [1.807, 2.05) is 48.5 Å². The van der Waals surface area contributed by atoms with E-state index in [2.05, 4.69) is 0 Å². The Labute approximate surface area is 165 Å². The van der Waals surface area contributed by atoms with Gasteiger partial charge in [-0.2, -0.15) is 5.26 Å². The monoisotopic (exact) mass is 380 g/mol. The molecule has 0 bridgehead atoms. The first-order valence-electron chi connectivity index (χ1n) is 9.11. The van der Waals surface area contributed by atoms with Gasteiger partial charge >= 0.3 is 5.97 Å². The zero-order valence-electron chi connectivity index (χ0n) is 16.1. The Kier molecular flexibility index (Phi) is 8.04. The van der Waals surface area contributed by atoms with Crippen molar-refractivity contribution in [2.24, 2.45) is 0 Å². The van der Waals surface area contributed by atoms with Crippen LogP contribution in [0.2, 0.25) is 0 Å². The Morgan fingerprint density at radius 2 is 1.79 bits per heavy atom. The smallest absolute Gasteiger partial charge is 0.306 e. The molecular weight excluding hydrogens is 356 g/mol. The molecule has 146 valence electrons. The van der Waals surface area contributed by atoms with Crippen molar-refractivity contribution in [2.75, 3.05) is 18.6 Å². The standard InChI is InChI=1S/C22H24N2O4/c1-17(22(26)24(16-6-15-23)19-7-4-3-5-8-19)28-21(25)14-11-18-9-12-20(27-2)13-10-18/h3-5,7-10,12-13,17H,6,11,14,16H2,1-2H3. The number of rotatable bonds is 9. The molecular formula is C22H24N2O4. The van der Waals surface area contributed by atoms with Gasteiger partial charge in [-0.05, 0) is 43.2 Å². The van der Waals surface area contributed by atoms with Crippen LogP contribution in [0, 0.1) is 11.3 Å². The normalized spacial score (nSPS) is 11.2. The Balaban J connectivity index is 1.92. The maximum Gasteiger partial charge on any atom is 0.306 e. The number of methoxy groups -OCH3 is 1. The van der Waals surface area contributed by atoms with Crippen molar-refractivity contribution >= 4 is 17.6 Å². The van der Waals surface area contributed by atoms with Gasteiger partial charge in [0.05, 0.1) is 19.6 Å². The van der Waals surface area contributed by atoms with E-state index in [1.165, 1.54) is 4.90 Å². The number of ether oxygens (including phenoxy) is 2. The number of benzene rings is 2. The summed E-state index contributed by atoms with van der Waals surface area (Å²) in [6.07, 6.45) is -0.0467. The SMILES string of the molecule is COc1ccc(CCC(=O)OC(C)C(=O)N(CCC#N)c2ccccc2)cc1. The van der Waals surface area contributed by atoms with Crippen LogP contribution in [0.25, 0.3) is 0 Å². The van der Waals surface area contributed by atoms with Crippen molar-refractivity contribution in [1.82, 2.24) is 0 Å². The van der Waals surface area contributed by atoms with Crippen LogP contribution in [0.5, 0.6) is 5.75 Å². The van der Waals surface area contributed by atoms with Gasteiger partial charge in [-0.1, -0.05) is 30.3 Å². The van der Waals surface area contributed by atoms with Crippen LogP contribution in [0.4, 0.5) is 5.69 Å². The topological polar surface area (TPSA) is 79.6 Å². The van der Waals surface area contributed by atoms with Crippen molar-refractivity contribution < 1.29 is 19.1 Å². The molecule has 0 spiro atoms. The van der Waals surface area contributed by atoms with Crippen molar-refractivity contribution in [2.45, 2.75) is 32.3 Å². The Morgan fingerprint density at radius 1 is 1.11 bits per heavy atom. The van der Waals surface area contributed by atoms with E-state index >= 15 is 0 Å². The number of carbonyl (C=O) groups is 2. The summed E-state index contributed by atoms with van der Waals surface area (Å²) in [7, 11) is 1.60. The van der Waals surface area contributed by atoms with Crippen molar-refractivity contribution in [3.8, 4) is 11.8 Å². The van der Waals surface area contributed by atoms with Crippen LogP contribution < -0.4 is 9.64 Å². The number of anilines is 1. The second-order valence-corrected chi connectivity index (χ2v) is 6.21. The molecule has 1 amide bonds. The molecule has 0 saturated heterocycles. The van der Waals surface area contributed by atoms with E-state index in [-0.39, 0.29) is 25.3 Å². The van der Waals surface area contributed by atoms with Gasteiger partial charge in [0.2, 0.25) is 0 Å². The zero-order chi connectivity index (χ0) is 20.4. The minimum atomic E-state index is -0.928. The molecule has 0 aliphatic rings. The summed E-state index contributed by atoms with van der Waals surface area (Å²) in [4.78, 5) is 26.4. The van der Waals surface area contributed by atoms with Gasteiger partial charge in [0, 0.05) is 18.7 Å². The third-order valence-electron chi connectivity index (χ3n) is 4.21. The van der Waals surface area contributed by atoms with Gasteiger partial charge in [0.15, 0.2) is 6.10 Å². The molecule has 0 saturated carbocycles. The number of esters is 1. The molecule has 1 unspecified atom stereocenters. The quantitative estimate of drug-likeness (QED) is 0.622. The summed E-state index contributed by atoms with van der Waals surface area (Å²) in [5, 5.41) is 8.86. The highest BCUT2D eigenvalue weighted by molar-refractivity contribution is 5.97. The largest absolute Gasteiger partial charge is 0.497 e. The average molecular weight is 380 g/mol. The molecule has 0 heterocycles. The molecule has 2 aromatic rings. The number of para-hydroxylation sites is 1. The highest BCUT2D eigenvalue weighted by Crippen LogP contribution is 2.17. The van der Waals surface area contributed by atoms with Crippen LogP contribution in [-0.2, 0) is 20.7 Å². The van der Waals surface area contributed by atoms with Gasteiger partial charge < -0.3 is 14.4 Å². The molecule has 6 heteroatoms. The van der Waals surface area contributed by atoms with Crippen LogP contribution in [0.3, 0.4) is 0 Å². The molecule has 0 radical (unpaired) electrons. The highest BCUT2D eigenvalue weighted by Gasteiger charge is 2.24. The predicted molar refractivity (Wildman–Crippen MR) is 106 cm³/mol. The first-order chi connectivity index (χ1) is 13.5. The van der Waals surface area contributed by atoms with Crippen LogP contribution in [-0.4, -0.2) is 31.6 Å². The third-order valence-corrected chi connectivity index (χ3v) is 4.21. The maximum absolute atomic E-state index is 12.8. The van der Waals surface area contributed by atoms with Gasteiger partial charge in [0.25, 0.3) is 5.91 Å². The molecule has 0 aromatic heterocycles. The number of amides is 1. The number of hydrogen-bond acceptors (Lipinski definition) is 5. The highest BCUT2D eigenvalue weighted by atomic mass is 16.5. The van der Waals surface area contributed by atoms with Crippen molar-refractivity contribution in [3.63, 3.8) is 0 Å². The zero-order valence-corrected chi connectivity index (χ0v) is 16.1. The van der Waals surface area contributed by atoms with Gasteiger partial charge in [-0.3, -0.25) is 9.59 Å². The lowest BCUT2D eigenvalue weighted by molar-refractivity contribution is -0.153. The van der Waals surface area contributed by atoms with E-state index in [9.17, 15) is 9.59 Å². The van der Waals surface area contributed by atoms with Gasteiger partial charge in [0.1, 0.15) is 5.75 Å². The van der Waals surface area contributed by atoms with Crippen molar-refractivity contribution in [3.05, 3.63) is 60.2 Å². The number of nitrogens with zero attached hydrogens (tertiary/aromatic N) is 2. The second kappa shape index (κ2) is 10.7. The first-order valence-corrected chi connectivity index (χ1v) is 9.11. The summed E-state index contributed by atoms with van der Waals surface area (Å²) in [5.74, 6) is -0.0341. The summed E-state index contributed by atoms with van der Waals surface area (Å²) in [6.45, 7) is 1.79. The Hall–Kier alpha value is -3.33. The van der Waals surface area contributed by atoms with Crippen LogP contribution >= 0.6 is 0 Å². The molecule has 2 aromatic carbocycles. The van der Waals surface area contributed by atoms with Gasteiger partial charge in [-0.25, -0.2) is 0 Å². The fourth-order valence-corrected chi connectivity index (χ4v) is 2.70. The van der Waals surface area contributed by atoms with E-state index in [0.717, 1.165) is 11.3 Å². The lowest BCUT2D eigenvalue weighted by Gasteiger charge is -2.25. The van der Waals surface area contributed by atoms with Crippen molar-refractivity contribution in [1.29, 1.82) is 5.26 Å². The number of nitriles is 1. The van der Waals surface area contributed by atoms with E-state index in [1.54, 1.807) is 26.2 Å². The van der Waals surface area contributed by atoms with E-state index < -0.39 is 12.1 Å². The molecule has 2 rings (SSSR count). The predicted octanol–water partition coefficient (Wildman–Crippen LogP) is 3.51.